The van der Waals surface area contributed by atoms with Gasteiger partial charge in [-0.2, -0.15) is 12.7 Å². The van der Waals surface area contributed by atoms with E-state index in [1.807, 2.05) is 0 Å². The van der Waals surface area contributed by atoms with Crippen molar-refractivity contribution in [2.45, 2.75) is 13.0 Å². The summed E-state index contributed by atoms with van der Waals surface area (Å²) in [5.74, 6) is 0. The van der Waals surface area contributed by atoms with Gasteiger partial charge in [-0.3, -0.25) is 0 Å². The molecule has 1 aliphatic rings. The average Bonchev–Trinajstić information content (AvgIpc) is 2.18. The Balaban J connectivity index is 2.72. The van der Waals surface area contributed by atoms with E-state index in [2.05, 4.69) is 4.72 Å². The molecule has 7 heteroatoms. The van der Waals surface area contributed by atoms with Crippen molar-refractivity contribution in [2.24, 2.45) is 0 Å². The Kier molecular flexibility index (Phi) is 4.27. The lowest BCUT2D eigenvalue weighted by molar-refractivity contribution is 0.0104. The van der Waals surface area contributed by atoms with Crippen LogP contribution < -0.4 is 4.72 Å². The van der Waals surface area contributed by atoms with E-state index < -0.39 is 16.3 Å². The summed E-state index contributed by atoms with van der Waals surface area (Å²) in [6, 6.07) is -0.465. The topological polar surface area (TPSA) is 78.9 Å². The van der Waals surface area contributed by atoms with Gasteiger partial charge in [-0.15, -0.1) is 0 Å². The van der Waals surface area contributed by atoms with E-state index >= 15 is 0 Å². The number of aliphatic hydroxyl groups excluding tert-OH is 1. The Morgan fingerprint density at radius 2 is 2.36 bits per heavy atom. The minimum Gasteiger partial charge on any atom is -0.395 e. The van der Waals surface area contributed by atoms with E-state index in [1.54, 1.807) is 6.92 Å². The summed E-state index contributed by atoms with van der Waals surface area (Å²) in [4.78, 5) is 0. The molecule has 0 aromatic rings. The number of nitrogens with zero attached hydrogens (tertiary/aromatic N) is 1. The van der Waals surface area contributed by atoms with Gasteiger partial charge >= 0.3 is 0 Å². The minimum absolute atomic E-state index is 0.218. The van der Waals surface area contributed by atoms with Gasteiger partial charge in [-0.1, -0.05) is 6.92 Å². The largest absolute Gasteiger partial charge is 0.395 e. The molecule has 1 atom stereocenters. The van der Waals surface area contributed by atoms with Gasteiger partial charge in [0.05, 0.1) is 25.9 Å². The van der Waals surface area contributed by atoms with E-state index in [0.717, 1.165) is 0 Å². The fourth-order valence-electron chi connectivity index (χ4n) is 1.37. The quantitative estimate of drug-likeness (QED) is 0.611. The second kappa shape index (κ2) is 5.04. The molecule has 14 heavy (non-hydrogen) atoms. The Morgan fingerprint density at radius 1 is 1.64 bits per heavy atom. The van der Waals surface area contributed by atoms with Crippen molar-refractivity contribution in [3.8, 4) is 0 Å². The molecule has 1 saturated heterocycles. The number of morpholine rings is 1. The molecule has 0 aromatic carbocycles. The highest BCUT2D eigenvalue weighted by Gasteiger charge is 2.31. The van der Waals surface area contributed by atoms with Gasteiger partial charge in [0.15, 0.2) is 0 Å². The standard InChI is InChI=1S/C7H16N2O4S/c1-2-8-14(11,12)9-3-4-13-6-7(9)5-10/h7-8,10H,2-6H2,1H3. The van der Waals surface area contributed by atoms with Crippen molar-refractivity contribution in [3.05, 3.63) is 0 Å². The van der Waals surface area contributed by atoms with Crippen LogP contribution in [0.3, 0.4) is 0 Å². The van der Waals surface area contributed by atoms with Crippen molar-refractivity contribution in [3.63, 3.8) is 0 Å². The predicted octanol–water partition coefficient (Wildman–Crippen LogP) is -1.47. The molecule has 1 rings (SSSR count). The lowest BCUT2D eigenvalue weighted by Gasteiger charge is -2.33. The summed E-state index contributed by atoms with van der Waals surface area (Å²) >= 11 is 0. The van der Waals surface area contributed by atoms with Crippen molar-refractivity contribution in [1.29, 1.82) is 0 Å². The summed E-state index contributed by atoms with van der Waals surface area (Å²) in [6.45, 7) is 2.76. The molecular weight excluding hydrogens is 208 g/mol. The molecular formula is C7H16N2O4S. The first-order valence-electron chi connectivity index (χ1n) is 4.57. The van der Waals surface area contributed by atoms with Crippen LogP contribution in [0.5, 0.6) is 0 Å². The third kappa shape index (κ3) is 2.64. The number of rotatable bonds is 4. The van der Waals surface area contributed by atoms with Crippen molar-refractivity contribution in [1.82, 2.24) is 9.03 Å². The predicted molar refractivity (Wildman–Crippen MR) is 51.0 cm³/mol. The van der Waals surface area contributed by atoms with Crippen LogP contribution in [0.15, 0.2) is 0 Å². The van der Waals surface area contributed by atoms with Gasteiger partial charge in [-0.25, -0.2) is 4.72 Å². The first kappa shape index (κ1) is 11.9. The number of ether oxygens (including phenoxy) is 1. The number of hydrogen-bond acceptors (Lipinski definition) is 4. The summed E-state index contributed by atoms with van der Waals surface area (Å²) in [5.41, 5.74) is 0. The second-order valence-corrected chi connectivity index (χ2v) is 4.73. The maximum absolute atomic E-state index is 11.6. The first-order valence-corrected chi connectivity index (χ1v) is 6.01. The first-order chi connectivity index (χ1) is 6.61. The van der Waals surface area contributed by atoms with E-state index in [4.69, 9.17) is 9.84 Å². The Hall–Kier alpha value is -0.210. The Bertz CT molecular complexity index is 267. The zero-order valence-electron chi connectivity index (χ0n) is 8.14. The fraction of sp³-hybridized carbons (Fsp3) is 1.00. The Labute approximate surface area is 84.0 Å². The van der Waals surface area contributed by atoms with Crippen LogP contribution in [0.2, 0.25) is 0 Å². The zero-order valence-corrected chi connectivity index (χ0v) is 8.96. The second-order valence-electron chi connectivity index (χ2n) is 3.02. The van der Waals surface area contributed by atoms with Crippen molar-refractivity contribution in [2.75, 3.05) is 32.9 Å². The van der Waals surface area contributed by atoms with Crippen LogP contribution >= 0.6 is 0 Å². The summed E-state index contributed by atoms with van der Waals surface area (Å²) in [5, 5.41) is 8.98. The number of aliphatic hydroxyl groups is 1. The number of nitrogens with one attached hydrogen (secondary N) is 1. The lowest BCUT2D eigenvalue weighted by atomic mass is 10.3. The van der Waals surface area contributed by atoms with Gasteiger partial charge in [-0.05, 0) is 0 Å². The highest BCUT2D eigenvalue weighted by Crippen LogP contribution is 2.10. The molecule has 0 aliphatic carbocycles. The van der Waals surface area contributed by atoms with Gasteiger partial charge in [0.25, 0.3) is 10.2 Å². The van der Waals surface area contributed by atoms with Gasteiger partial charge < -0.3 is 9.84 Å². The molecule has 1 aliphatic heterocycles. The van der Waals surface area contributed by atoms with Gasteiger partial charge in [0, 0.05) is 13.1 Å². The fourth-order valence-corrected chi connectivity index (χ4v) is 2.73. The summed E-state index contributed by atoms with van der Waals surface area (Å²) in [7, 11) is -3.45. The van der Waals surface area contributed by atoms with Crippen molar-refractivity contribution >= 4 is 10.2 Å². The molecule has 6 nitrogen and oxygen atoms in total. The van der Waals surface area contributed by atoms with Gasteiger partial charge in [0.2, 0.25) is 0 Å². The molecule has 1 heterocycles. The van der Waals surface area contributed by atoms with Crippen LogP contribution in [-0.2, 0) is 14.9 Å². The molecule has 1 fully saturated rings. The average molecular weight is 224 g/mol. The van der Waals surface area contributed by atoms with Crippen LogP contribution in [0.4, 0.5) is 0 Å². The molecule has 84 valence electrons. The minimum atomic E-state index is -3.45. The third-order valence-corrected chi connectivity index (χ3v) is 3.77. The molecule has 2 N–H and O–H groups in total. The summed E-state index contributed by atoms with van der Waals surface area (Å²) in [6.07, 6.45) is 0. The zero-order chi connectivity index (χ0) is 10.6. The SMILES string of the molecule is CCNS(=O)(=O)N1CCOCC1CO. The highest BCUT2D eigenvalue weighted by molar-refractivity contribution is 7.87. The van der Waals surface area contributed by atoms with Crippen LogP contribution in [0.25, 0.3) is 0 Å². The third-order valence-electron chi connectivity index (χ3n) is 2.02. The van der Waals surface area contributed by atoms with Crippen molar-refractivity contribution < 1.29 is 18.3 Å². The highest BCUT2D eigenvalue weighted by atomic mass is 32.2. The van der Waals surface area contributed by atoms with E-state index in [0.29, 0.717) is 19.7 Å². The van der Waals surface area contributed by atoms with E-state index in [1.165, 1.54) is 4.31 Å². The van der Waals surface area contributed by atoms with Crippen LogP contribution in [0, 0.1) is 0 Å². The molecule has 0 bridgehead atoms. The maximum atomic E-state index is 11.6. The van der Waals surface area contributed by atoms with E-state index in [9.17, 15) is 8.42 Å². The molecule has 0 spiro atoms. The van der Waals surface area contributed by atoms with Crippen LogP contribution in [0.1, 0.15) is 6.92 Å². The Morgan fingerprint density at radius 3 is 2.93 bits per heavy atom. The van der Waals surface area contributed by atoms with E-state index in [-0.39, 0.29) is 13.2 Å². The number of hydrogen-bond donors (Lipinski definition) is 2. The molecule has 0 aromatic heterocycles. The van der Waals surface area contributed by atoms with Gasteiger partial charge in [0.1, 0.15) is 0 Å². The molecule has 0 radical (unpaired) electrons. The normalized spacial score (nSPS) is 25.1. The smallest absolute Gasteiger partial charge is 0.279 e. The molecule has 0 amide bonds. The monoisotopic (exact) mass is 224 g/mol. The molecule has 0 saturated carbocycles. The van der Waals surface area contributed by atoms with Crippen LogP contribution in [-0.4, -0.2) is 56.8 Å². The lowest BCUT2D eigenvalue weighted by Crippen LogP contribution is -2.54. The molecule has 1 unspecified atom stereocenters. The summed E-state index contributed by atoms with van der Waals surface area (Å²) < 4.78 is 31.9. The maximum Gasteiger partial charge on any atom is 0.279 e.